The third-order valence-corrected chi connectivity index (χ3v) is 8.23. The lowest BCUT2D eigenvalue weighted by Crippen LogP contribution is -2.31. The number of para-hydroxylation sites is 2. The van der Waals surface area contributed by atoms with Gasteiger partial charge in [-0.2, -0.15) is 0 Å². The first-order valence-corrected chi connectivity index (χ1v) is 14.5. The maximum absolute atomic E-state index is 14.9. The minimum absolute atomic E-state index is 0. The van der Waals surface area contributed by atoms with Crippen molar-refractivity contribution in [3.8, 4) is 11.5 Å². The lowest BCUT2D eigenvalue weighted by Gasteiger charge is -2.29. The molecular weight excluding hydrogens is 573 g/mol. The summed E-state index contributed by atoms with van der Waals surface area (Å²) in [6.45, 7) is 0.0142. The van der Waals surface area contributed by atoms with Gasteiger partial charge in [0.2, 0.25) is 0 Å². The van der Waals surface area contributed by atoms with Gasteiger partial charge in [0, 0.05) is 5.56 Å². The quantitative estimate of drug-likeness (QED) is 0.0851. The van der Waals surface area contributed by atoms with E-state index in [4.69, 9.17) is 24.9 Å². The van der Waals surface area contributed by atoms with Crippen LogP contribution >= 0.6 is 20.0 Å². The second kappa shape index (κ2) is 13.7. The number of nitrogens with two attached hydrogens (primary N) is 1. The predicted molar refractivity (Wildman–Crippen MR) is 166 cm³/mol. The van der Waals surface area contributed by atoms with Crippen molar-refractivity contribution in [1.82, 2.24) is 5.32 Å². The van der Waals surface area contributed by atoms with Gasteiger partial charge in [-0.25, -0.2) is 9.36 Å². The van der Waals surface area contributed by atoms with Crippen LogP contribution in [0.3, 0.4) is 0 Å². The molecule has 214 valence electrons. The number of halogens is 1. The third kappa shape index (κ3) is 7.29. The highest BCUT2D eigenvalue weighted by molar-refractivity contribution is 7.55. The van der Waals surface area contributed by atoms with Crippen molar-refractivity contribution in [3.05, 3.63) is 144 Å². The van der Waals surface area contributed by atoms with Gasteiger partial charge in [0.05, 0.1) is 0 Å². The van der Waals surface area contributed by atoms with Crippen LogP contribution in [0, 0.1) is 5.41 Å². The molecule has 0 aliphatic heterocycles. The molecule has 8 nitrogen and oxygen atoms in total. The Morgan fingerprint density at radius 1 is 0.786 bits per heavy atom. The number of benzene rings is 5. The molecule has 0 fully saturated rings. The number of fused-ring (bicyclic) bond motifs is 1. The Kier molecular flexibility index (Phi) is 9.86. The maximum atomic E-state index is 14.9. The fourth-order valence-corrected chi connectivity index (χ4v) is 6.21. The van der Waals surface area contributed by atoms with Crippen LogP contribution in [0.1, 0.15) is 22.5 Å². The molecule has 5 aromatic rings. The smallest absolute Gasteiger partial charge is 0.445 e. The third-order valence-electron chi connectivity index (χ3n) is 6.25. The monoisotopic (exact) mass is 601 g/mol. The van der Waals surface area contributed by atoms with E-state index in [9.17, 15) is 9.36 Å². The number of amidine groups is 1. The molecule has 0 saturated heterocycles. The van der Waals surface area contributed by atoms with E-state index in [1.807, 2.05) is 48.5 Å². The van der Waals surface area contributed by atoms with Gasteiger partial charge in [0.15, 0.2) is 5.78 Å². The summed E-state index contributed by atoms with van der Waals surface area (Å²) in [5.74, 6) is -0.759. The Morgan fingerprint density at radius 2 is 1.36 bits per heavy atom. The largest absolute Gasteiger partial charge is 0.457 e. The maximum Gasteiger partial charge on any atom is 0.457 e. The van der Waals surface area contributed by atoms with Crippen molar-refractivity contribution in [2.75, 3.05) is 0 Å². The molecule has 0 saturated carbocycles. The summed E-state index contributed by atoms with van der Waals surface area (Å²) in [6, 6.07) is 37.1. The van der Waals surface area contributed by atoms with E-state index in [0.717, 1.165) is 10.9 Å². The number of carbonyl (C=O) groups is 1. The van der Waals surface area contributed by atoms with E-state index >= 15 is 0 Å². The van der Waals surface area contributed by atoms with Crippen molar-refractivity contribution < 1.29 is 23.1 Å². The van der Waals surface area contributed by atoms with Crippen molar-refractivity contribution in [2.24, 2.45) is 5.73 Å². The molecule has 0 spiro atoms. The number of nitrogen functional groups attached to an aromatic ring is 1. The molecule has 4 N–H and O–H groups in total. The average Bonchev–Trinajstić information content (AvgIpc) is 2.99. The lowest BCUT2D eigenvalue weighted by atomic mass is 10.0. The van der Waals surface area contributed by atoms with Gasteiger partial charge in [-0.15, -0.1) is 12.4 Å². The second-order valence-electron chi connectivity index (χ2n) is 9.15. The Balaban J connectivity index is 0.00000405. The van der Waals surface area contributed by atoms with Crippen LogP contribution in [-0.4, -0.2) is 11.9 Å². The average molecular weight is 602 g/mol. The summed E-state index contributed by atoms with van der Waals surface area (Å²) in [5, 5.41) is 12.0. The Hall–Kier alpha value is -4.78. The molecule has 10 heteroatoms. The van der Waals surface area contributed by atoms with Crippen molar-refractivity contribution >= 4 is 42.7 Å². The topological polar surface area (TPSA) is 124 Å². The summed E-state index contributed by atoms with van der Waals surface area (Å²) >= 11 is 0. The summed E-state index contributed by atoms with van der Waals surface area (Å²) in [4.78, 5) is 13.2. The van der Waals surface area contributed by atoms with Gasteiger partial charge < -0.3 is 24.8 Å². The molecule has 42 heavy (non-hydrogen) atoms. The standard InChI is InChI=1S/C32H28N3O5P.ClH/c33-30(34)25-19-20-28-24(21-25)13-10-18-29(28)31(35-32(36)38-22-23-11-4-1-5-12-23)41(37,39-26-14-6-2-7-15-26)40-27-16-8-3-9-17-27;/h1-21,31H,22H2,(H3,33,34)(H,35,36);1H. The number of hydrogen-bond acceptors (Lipinski definition) is 6. The van der Waals surface area contributed by atoms with Gasteiger partial charge in [0.1, 0.15) is 23.9 Å². The first-order valence-electron chi connectivity index (χ1n) is 12.8. The van der Waals surface area contributed by atoms with Crippen molar-refractivity contribution in [2.45, 2.75) is 12.4 Å². The van der Waals surface area contributed by atoms with E-state index in [1.54, 1.807) is 78.9 Å². The normalized spacial score (nSPS) is 11.5. The zero-order valence-corrected chi connectivity index (χ0v) is 24.1. The molecule has 0 aliphatic rings. The van der Waals surface area contributed by atoms with E-state index in [0.29, 0.717) is 28.0 Å². The Bertz CT molecular complexity index is 1660. The number of rotatable bonds is 10. The van der Waals surface area contributed by atoms with Crippen LogP contribution in [0.5, 0.6) is 11.5 Å². The van der Waals surface area contributed by atoms with Crippen LogP contribution in [-0.2, 0) is 15.9 Å². The minimum Gasteiger partial charge on any atom is -0.445 e. The molecule has 1 atom stereocenters. The van der Waals surface area contributed by atoms with Crippen LogP contribution < -0.4 is 20.1 Å². The van der Waals surface area contributed by atoms with Gasteiger partial charge in [0.25, 0.3) is 0 Å². The molecule has 0 bridgehead atoms. The fraction of sp³-hybridized carbons (Fsp3) is 0.0625. The molecule has 0 aliphatic carbocycles. The highest BCUT2D eigenvalue weighted by Crippen LogP contribution is 2.59. The second-order valence-corrected chi connectivity index (χ2v) is 11.1. The Morgan fingerprint density at radius 3 is 1.93 bits per heavy atom. The van der Waals surface area contributed by atoms with E-state index in [1.165, 1.54) is 0 Å². The molecule has 0 heterocycles. The zero-order chi connectivity index (χ0) is 28.7. The van der Waals surface area contributed by atoms with E-state index in [-0.39, 0.29) is 24.8 Å². The number of amides is 1. The van der Waals surface area contributed by atoms with Gasteiger partial charge in [-0.3, -0.25) is 5.41 Å². The highest BCUT2D eigenvalue weighted by atomic mass is 35.5. The number of nitrogens with one attached hydrogen (secondary N) is 2. The number of ether oxygens (including phenoxy) is 1. The van der Waals surface area contributed by atoms with Crippen LogP contribution in [0.25, 0.3) is 10.8 Å². The van der Waals surface area contributed by atoms with Crippen molar-refractivity contribution in [1.29, 1.82) is 5.41 Å². The Labute approximate surface area is 249 Å². The fourth-order valence-electron chi connectivity index (χ4n) is 4.30. The van der Waals surface area contributed by atoms with E-state index < -0.39 is 19.5 Å². The summed E-state index contributed by atoms with van der Waals surface area (Å²) in [6.07, 6.45) is -0.801. The zero-order valence-electron chi connectivity index (χ0n) is 22.4. The lowest BCUT2D eigenvalue weighted by molar-refractivity contribution is 0.137. The van der Waals surface area contributed by atoms with Gasteiger partial charge in [-0.05, 0) is 52.2 Å². The van der Waals surface area contributed by atoms with Gasteiger partial charge >= 0.3 is 13.7 Å². The first kappa shape index (κ1) is 30.2. The highest BCUT2D eigenvalue weighted by Gasteiger charge is 2.43. The first-order chi connectivity index (χ1) is 19.9. The molecule has 5 aromatic carbocycles. The molecule has 0 aromatic heterocycles. The van der Waals surface area contributed by atoms with Crippen LogP contribution in [0.2, 0.25) is 0 Å². The predicted octanol–water partition coefficient (Wildman–Crippen LogP) is 7.82. The SMILES string of the molecule is Cl.N=C(N)c1ccc2c(C(NC(=O)OCc3ccccc3)P(=O)(Oc3ccccc3)Oc3ccccc3)cccc2c1. The van der Waals surface area contributed by atoms with Crippen LogP contribution in [0.4, 0.5) is 4.79 Å². The number of hydrogen-bond donors (Lipinski definition) is 3. The van der Waals surface area contributed by atoms with E-state index in [2.05, 4.69) is 5.32 Å². The summed E-state index contributed by atoms with van der Waals surface area (Å²) < 4.78 is 32.6. The summed E-state index contributed by atoms with van der Waals surface area (Å²) in [7, 11) is -4.26. The van der Waals surface area contributed by atoms with Gasteiger partial charge in [-0.1, -0.05) is 97.1 Å². The number of carbonyl (C=O) groups excluding carboxylic acids is 1. The molecular formula is C32H29ClN3O5P. The molecule has 1 unspecified atom stereocenters. The van der Waals surface area contributed by atoms with Crippen molar-refractivity contribution in [3.63, 3.8) is 0 Å². The van der Waals surface area contributed by atoms with Crippen LogP contribution in [0.15, 0.2) is 127 Å². The molecule has 0 radical (unpaired) electrons. The minimum atomic E-state index is -4.26. The number of alkyl carbamates (subject to hydrolysis) is 1. The molecule has 1 amide bonds. The summed E-state index contributed by atoms with van der Waals surface area (Å²) in [5.41, 5.74) is 7.52. The molecule has 5 rings (SSSR count).